The van der Waals surface area contributed by atoms with Crippen LogP contribution in [0.3, 0.4) is 0 Å². The first-order valence-electron chi connectivity index (χ1n) is 10.2. The van der Waals surface area contributed by atoms with Crippen molar-refractivity contribution in [1.82, 2.24) is 4.90 Å². The van der Waals surface area contributed by atoms with Gasteiger partial charge in [-0.1, -0.05) is 72.5 Å². The first-order chi connectivity index (χ1) is 14.8. The van der Waals surface area contributed by atoms with Crippen molar-refractivity contribution < 1.29 is 9.59 Å². The first kappa shape index (κ1) is 23.0. The first-order valence-corrected chi connectivity index (χ1v) is 11.4. The number of carbonyl (C=O) groups excluding carboxylic acids is 2. The number of amides is 2. The van der Waals surface area contributed by atoms with Gasteiger partial charge in [-0.15, -0.1) is 0 Å². The summed E-state index contributed by atoms with van der Waals surface area (Å²) in [4.78, 5) is 27.3. The van der Waals surface area contributed by atoms with E-state index >= 15 is 0 Å². The number of thiocarbonyl (C=S) groups is 1. The Balaban J connectivity index is 1.55. The predicted octanol–water partition coefficient (Wildman–Crippen LogP) is 5.87. The number of nitrogens with zero attached hydrogens (tertiary/aromatic N) is 1. The predicted molar refractivity (Wildman–Crippen MR) is 134 cm³/mol. The Labute approximate surface area is 193 Å². The van der Waals surface area contributed by atoms with Crippen LogP contribution in [0.4, 0.5) is 5.69 Å². The van der Waals surface area contributed by atoms with Crippen molar-refractivity contribution in [3.63, 3.8) is 0 Å². The van der Waals surface area contributed by atoms with Crippen LogP contribution < -0.4 is 5.32 Å². The average molecular weight is 451 g/mol. The van der Waals surface area contributed by atoms with Crippen LogP contribution in [0, 0.1) is 13.8 Å². The number of hydrogen-bond donors (Lipinski definition) is 1. The summed E-state index contributed by atoms with van der Waals surface area (Å²) in [5, 5.41) is 2.96. The van der Waals surface area contributed by atoms with E-state index in [9.17, 15) is 9.59 Å². The van der Waals surface area contributed by atoms with E-state index in [-0.39, 0.29) is 11.8 Å². The molecule has 1 aliphatic rings. The number of carbonyl (C=O) groups is 2. The maximum atomic E-state index is 12.8. The Morgan fingerprint density at radius 1 is 1.13 bits per heavy atom. The molecular formula is C25H26N2O2S2. The molecular weight excluding hydrogens is 424 g/mol. The highest BCUT2D eigenvalue weighted by Crippen LogP contribution is 2.32. The van der Waals surface area contributed by atoms with E-state index in [2.05, 4.69) is 5.32 Å². The van der Waals surface area contributed by atoms with E-state index in [1.807, 2.05) is 81.5 Å². The van der Waals surface area contributed by atoms with Gasteiger partial charge in [-0.25, -0.2) is 0 Å². The largest absolute Gasteiger partial charge is 0.326 e. The second-order valence-electron chi connectivity index (χ2n) is 7.53. The summed E-state index contributed by atoms with van der Waals surface area (Å²) < 4.78 is 0.540. The smallest absolute Gasteiger partial charge is 0.266 e. The lowest BCUT2D eigenvalue weighted by Gasteiger charge is -2.14. The van der Waals surface area contributed by atoms with Gasteiger partial charge in [-0.2, -0.15) is 0 Å². The van der Waals surface area contributed by atoms with Crippen LogP contribution in [0.2, 0.25) is 0 Å². The topological polar surface area (TPSA) is 49.4 Å². The molecule has 1 saturated heterocycles. The van der Waals surface area contributed by atoms with Gasteiger partial charge in [0.1, 0.15) is 4.32 Å². The van der Waals surface area contributed by atoms with Crippen LogP contribution in [-0.2, 0) is 9.59 Å². The highest BCUT2D eigenvalue weighted by atomic mass is 32.2. The molecule has 0 radical (unpaired) electrons. The summed E-state index contributed by atoms with van der Waals surface area (Å²) in [5.41, 5.74) is 5.11. The average Bonchev–Trinajstić information content (AvgIpc) is 2.99. The summed E-state index contributed by atoms with van der Waals surface area (Å²) in [5.74, 6) is -0.151. The van der Waals surface area contributed by atoms with E-state index in [1.54, 1.807) is 4.90 Å². The fourth-order valence-electron chi connectivity index (χ4n) is 3.25. The molecule has 1 N–H and O–H groups in total. The molecule has 0 aliphatic carbocycles. The normalized spacial score (nSPS) is 15.6. The summed E-state index contributed by atoms with van der Waals surface area (Å²) in [6.45, 7) is 6.41. The molecule has 3 rings (SSSR count). The van der Waals surface area contributed by atoms with E-state index < -0.39 is 0 Å². The minimum atomic E-state index is -0.0919. The van der Waals surface area contributed by atoms with Gasteiger partial charge in [0.05, 0.1) is 4.91 Å². The van der Waals surface area contributed by atoms with E-state index in [0.717, 1.165) is 28.0 Å². The Morgan fingerprint density at radius 3 is 2.61 bits per heavy atom. The molecule has 1 aliphatic heterocycles. The quantitative estimate of drug-likeness (QED) is 0.423. The van der Waals surface area contributed by atoms with Crippen molar-refractivity contribution in [1.29, 1.82) is 0 Å². The number of benzene rings is 2. The Kier molecular flexibility index (Phi) is 7.82. The Hall–Kier alpha value is -2.70. The fourth-order valence-corrected chi connectivity index (χ4v) is 4.61. The fraction of sp³-hybridized carbons (Fsp3) is 0.240. The Bertz CT molecular complexity index is 1060. The minimum Gasteiger partial charge on any atom is -0.326 e. The third-order valence-electron chi connectivity index (χ3n) is 5.09. The molecule has 0 saturated carbocycles. The van der Waals surface area contributed by atoms with Crippen molar-refractivity contribution in [2.75, 3.05) is 11.9 Å². The molecule has 0 aromatic heterocycles. The van der Waals surface area contributed by atoms with Gasteiger partial charge in [-0.05, 0) is 61.6 Å². The minimum absolute atomic E-state index is 0.0590. The zero-order chi connectivity index (χ0) is 22.4. The number of rotatable bonds is 7. The summed E-state index contributed by atoms with van der Waals surface area (Å²) in [6.07, 6.45) is 4.79. The van der Waals surface area contributed by atoms with Gasteiger partial charge < -0.3 is 5.32 Å². The lowest BCUT2D eigenvalue weighted by atomic mass is 10.1. The number of nitrogens with one attached hydrogen (secondary N) is 1. The van der Waals surface area contributed by atoms with Gasteiger partial charge in [0.2, 0.25) is 5.91 Å². The molecule has 2 aromatic carbocycles. The molecule has 2 amide bonds. The van der Waals surface area contributed by atoms with Crippen LogP contribution in [0.5, 0.6) is 0 Å². The molecule has 160 valence electrons. The lowest BCUT2D eigenvalue weighted by molar-refractivity contribution is -0.122. The van der Waals surface area contributed by atoms with Gasteiger partial charge in [0.15, 0.2) is 0 Å². The molecule has 0 spiro atoms. The SMILES string of the molecule is CC(/C=C1\SC(=S)N(CCCC(=O)Nc2cccc(C)c2C)C1=O)=C\c1ccccc1. The van der Waals surface area contributed by atoms with Crippen LogP contribution in [0.25, 0.3) is 6.08 Å². The van der Waals surface area contributed by atoms with Gasteiger partial charge in [0, 0.05) is 18.7 Å². The van der Waals surface area contributed by atoms with Crippen LogP contribution in [-0.4, -0.2) is 27.6 Å². The van der Waals surface area contributed by atoms with E-state index in [1.165, 1.54) is 11.8 Å². The molecule has 6 heteroatoms. The van der Waals surface area contributed by atoms with Crippen molar-refractivity contribution in [3.05, 3.63) is 81.8 Å². The second-order valence-corrected chi connectivity index (χ2v) is 9.21. The number of anilines is 1. The summed E-state index contributed by atoms with van der Waals surface area (Å²) in [7, 11) is 0. The lowest BCUT2D eigenvalue weighted by Crippen LogP contribution is -2.29. The maximum absolute atomic E-state index is 12.8. The molecule has 0 atom stereocenters. The summed E-state index contributed by atoms with van der Waals surface area (Å²) in [6, 6.07) is 15.8. The van der Waals surface area contributed by atoms with Crippen molar-refractivity contribution in [2.24, 2.45) is 0 Å². The zero-order valence-corrected chi connectivity index (χ0v) is 19.6. The summed E-state index contributed by atoms with van der Waals surface area (Å²) >= 11 is 6.71. The molecule has 1 fully saturated rings. The second kappa shape index (κ2) is 10.6. The number of aryl methyl sites for hydroxylation is 1. The van der Waals surface area contributed by atoms with Crippen molar-refractivity contribution in [2.45, 2.75) is 33.6 Å². The van der Waals surface area contributed by atoms with Gasteiger partial charge in [0.25, 0.3) is 5.91 Å². The van der Waals surface area contributed by atoms with E-state index in [0.29, 0.717) is 28.6 Å². The zero-order valence-electron chi connectivity index (χ0n) is 18.0. The molecule has 31 heavy (non-hydrogen) atoms. The third kappa shape index (κ3) is 6.15. The van der Waals surface area contributed by atoms with Gasteiger partial charge >= 0.3 is 0 Å². The monoisotopic (exact) mass is 450 g/mol. The number of allylic oxidation sites excluding steroid dienone is 2. The van der Waals surface area contributed by atoms with Crippen LogP contribution in [0.1, 0.15) is 36.5 Å². The maximum Gasteiger partial charge on any atom is 0.266 e. The third-order valence-corrected chi connectivity index (χ3v) is 6.47. The Morgan fingerprint density at radius 2 is 1.87 bits per heavy atom. The van der Waals surface area contributed by atoms with Crippen LogP contribution >= 0.6 is 24.0 Å². The number of hydrogen-bond acceptors (Lipinski definition) is 4. The molecule has 2 aromatic rings. The number of thioether (sulfide) groups is 1. The molecule has 0 unspecified atom stereocenters. The van der Waals surface area contributed by atoms with E-state index in [4.69, 9.17) is 12.2 Å². The standard InChI is InChI=1S/C25H26N2O2S2/c1-17(15-20-10-5-4-6-11-20)16-22-24(29)27(25(30)31-22)14-8-13-23(28)26-21-12-7-9-18(2)19(21)3/h4-7,9-12,15-16H,8,13-14H2,1-3H3,(H,26,28)/b17-15+,22-16-. The van der Waals surface area contributed by atoms with Crippen molar-refractivity contribution >= 4 is 51.9 Å². The molecule has 4 nitrogen and oxygen atoms in total. The molecule has 1 heterocycles. The highest BCUT2D eigenvalue weighted by Gasteiger charge is 2.31. The highest BCUT2D eigenvalue weighted by molar-refractivity contribution is 8.26. The molecule has 0 bridgehead atoms. The van der Waals surface area contributed by atoms with Crippen molar-refractivity contribution in [3.8, 4) is 0 Å². The van der Waals surface area contributed by atoms with Gasteiger partial charge in [-0.3, -0.25) is 14.5 Å². The van der Waals surface area contributed by atoms with Crippen LogP contribution in [0.15, 0.2) is 65.1 Å².